The molecular weight excluding hydrogens is 326 g/mol. The SMILES string of the molecule is CC(NC(=O)[C@@H](N)CCC1CC1)c1ccc(OC2CCN(C)CC2)cc1. The van der Waals surface area contributed by atoms with Crippen molar-refractivity contribution in [2.45, 2.75) is 63.6 Å². The van der Waals surface area contributed by atoms with Crippen molar-refractivity contribution in [3.8, 4) is 5.75 Å². The molecule has 0 aromatic heterocycles. The van der Waals surface area contributed by atoms with Crippen molar-refractivity contribution in [1.29, 1.82) is 0 Å². The van der Waals surface area contributed by atoms with Gasteiger partial charge in [0.05, 0.1) is 12.1 Å². The Hall–Kier alpha value is -1.59. The van der Waals surface area contributed by atoms with E-state index in [0.717, 1.165) is 56.0 Å². The third-order valence-electron chi connectivity index (χ3n) is 5.63. The molecule has 1 saturated carbocycles. The fourth-order valence-electron chi connectivity index (χ4n) is 3.49. The number of piperidine rings is 1. The number of hydrogen-bond acceptors (Lipinski definition) is 4. The van der Waals surface area contributed by atoms with Gasteiger partial charge in [-0.25, -0.2) is 0 Å². The lowest BCUT2D eigenvalue weighted by Gasteiger charge is -2.29. The molecule has 5 nitrogen and oxygen atoms in total. The normalized spacial score (nSPS) is 21.2. The Balaban J connectivity index is 1.45. The van der Waals surface area contributed by atoms with Crippen LogP contribution in [0.25, 0.3) is 0 Å². The van der Waals surface area contributed by atoms with E-state index in [1.807, 2.05) is 31.2 Å². The zero-order chi connectivity index (χ0) is 18.5. The van der Waals surface area contributed by atoms with Crippen LogP contribution in [-0.2, 0) is 4.79 Å². The minimum absolute atomic E-state index is 0.0492. The van der Waals surface area contributed by atoms with Crippen molar-refractivity contribution in [2.24, 2.45) is 11.7 Å². The summed E-state index contributed by atoms with van der Waals surface area (Å²) in [5.41, 5.74) is 7.09. The number of nitrogens with two attached hydrogens (primary N) is 1. The standard InChI is InChI=1S/C21H33N3O2/c1-15(23-21(25)20(22)10-5-16-3-4-16)17-6-8-18(9-7-17)26-19-11-13-24(2)14-12-19/h6-9,15-16,19-20H,3-5,10-14,22H2,1-2H3,(H,23,25)/t15?,20-/m0/s1. The topological polar surface area (TPSA) is 67.6 Å². The summed E-state index contributed by atoms with van der Waals surface area (Å²) in [5.74, 6) is 1.66. The molecule has 1 heterocycles. The summed E-state index contributed by atoms with van der Waals surface area (Å²) in [6.07, 6.45) is 6.91. The van der Waals surface area contributed by atoms with E-state index in [9.17, 15) is 4.79 Å². The number of likely N-dealkylation sites (tertiary alicyclic amines) is 1. The summed E-state index contributed by atoms with van der Waals surface area (Å²) >= 11 is 0. The predicted molar refractivity (Wildman–Crippen MR) is 104 cm³/mol. The van der Waals surface area contributed by atoms with Gasteiger partial charge in [-0.1, -0.05) is 25.0 Å². The number of ether oxygens (including phenoxy) is 1. The van der Waals surface area contributed by atoms with Crippen LogP contribution in [0.15, 0.2) is 24.3 Å². The molecule has 3 N–H and O–H groups in total. The maximum atomic E-state index is 12.3. The highest BCUT2D eigenvalue weighted by Crippen LogP contribution is 2.33. The Morgan fingerprint density at radius 2 is 1.88 bits per heavy atom. The molecule has 2 aliphatic rings. The van der Waals surface area contributed by atoms with Crippen molar-refractivity contribution in [3.63, 3.8) is 0 Å². The molecule has 0 bridgehead atoms. The summed E-state index contributed by atoms with van der Waals surface area (Å²) in [7, 11) is 2.15. The van der Waals surface area contributed by atoms with Crippen LogP contribution < -0.4 is 15.8 Å². The van der Waals surface area contributed by atoms with Crippen molar-refractivity contribution in [3.05, 3.63) is 29.8 Å². The van der Waals surface area contributed by atoms with Gasteiger partial charge in [-0.2, -0.15) is 0 Å². The number of benzene rings is 1. The Bertz CT molecular complexity index is 577. The summed E-state index contributed by atoms with van der Waals surface area (Å²) in [4.78, 5) is 14.6. The fourth-order valence-corrected chi connectivity index (χ4v) is 3.49. The van der Waals surface area contributed by atoms with Gasteiger partial charge in [0.15, 0.2) is 0 Å². The highest BCUT2D eigenvalue weighted by molar-refractivity contribution is 5.81. The minimum Gasteiger partial charge on any atom is -0.490 e. The lowest BCUT2D eigenvalue weighted by atomic mass is 10.1. The van der Waals surface area contributed by atoms with Crippen LogP contribution in [0.4, 0.5) is 0 Å². The van der Waals surface area contributed by atoms with E-state index in [4.69, 9.17) is 10.5 Å². The van der Waals surface area contributed by atoms with E-state index >= 15 is 0 Å². The summed E-state index contributed by atoms with van der Waals surface area (Å²) in [6, 6.07) is 7.62. The Morgan fingerprint density at radius 3 is 2.50 bits per heavy atom. The smallest absolute Gasteiger partial charge is 0.237 e. The third-order valence-corrected chi connectivity index (χ3v) is 5.63. The predicted octanol–water partition coefficient (Wildman–Crippen LogP) is 2.85. The first-order chi connectivity index (χ1) is 12.5. The average Bonchev–Trinajstić information content (AvgIpc) is 3.46. The number of hydrogen-bond donors (Lipinski definition) is 2. The van der Waals surface area contributed by atoms with Gasteiger partial charge in [-0.05, 0) is 63.3 Å². The monoisotopic (exact) mass is 359 g/mol. The van der Waals surface area contributed by atoms with Gasteiger partial charge in [0, 0.05) is 13.1 Å². The van der Waals surface area contributed by atoms with Crippen molar-refractivity contribution in [2.75, 3.05) is 20.1 Å². The number of carbonyl (C=O) groups is 1. The van der Waals surface area contributed by atoms with E-state index in [2.05, 4.69) is 17.3 Å². The number of nitrogens with zero attached hydrogens (tertiary/aromatic N) is 1. The van der Waals surface area contributed by atoms with Gasteiger partial charge < -0.3 is 20.7 Å². The maximum Gasteiger partial charge on any atom is 0.237 e. The zero-order valence-electron chi connectivity index (χ0n) is 16.1. The number of nitrogens with one attached hydrogen (secondary N) is 1. The first kappa shape index (κ1) is 19.2. The largest absolute Gasteiger partial charge is 0.490 e. The van der Waals surface area contributed by atoms with Crippen LogP contribution in [0.5, 0.6) is 5.75 Å². The second-order valence-electron chi connectivity index (χ2n) is 8.05. The zero-order valence-corrected chi connectivity index (χ0v) is 16.1. The summed E-state index contributed by atoms with van der Waals surface area (Å²) < 4.78 is 6.08. The van der Waals surface area contributed by atoms with Crippen molar-refractivity contribution >= 4 is 5.91 Å². The fraction of sp³-hybridized carbons (Fsp3) is 0.667. The molecule has 1 aliphatic carbocycles. The summed E-state index contributed by atoms with van der Waals surface area (Å²) in [6.45, 7) is 4.18. The molecule has 144 valence electrons. The Kier molecular flexibility index (Phi) is 6.54. The Labute approximate surface area is 157 Å². The van der Waals surface area contributed by atoms with Crippen LogP contribution in [-0.4, -0.2) is 43.1 Å². The van der Waals surface area contributed by atoms with Crippen LogP contribution in [0, 0.1) is 5.92 Å². The molecule has 1 aromatic rings. The van der Waals surface area contributed by atoms with Crippen LogP contribution in [0.2, 0.25) is 0 Å². The number of carbonyl (C=O) groups excluding carboxylic acids is 1. The molecule has 2 fully saturated rings. The van der Waals surface area contributed by atoms with Crippen LogP contribution >= 0.6 is 0 Å². The van der Waals surface area contributed by atoms with E-state index in [0.29, 0.717) is 6.10 Å². The van der Waals surface area contributed by atoms with Gasteiger partial charge in [0.1, 0.15) is 11.9 Å². The van der Waals surface area contributed by atoms with Gasteiger partial charge in [-0.3, -0.25) is 4.79 Å². The first-order valence-electron chi connectivity index (χ1n) is 10.0. The Morgan fingerprint density at radius 1 is 1.23 bits per heavy atom. The maximum absolute atomic E-state index is 12.3. The molecule has 1 aromatic carbocycles. The van der Waals surface area contributed by atoms with E-state index < -0.39 is 6.04 Å². The molecular formula is C21H33N3O2. The number of rotatable bonds is 8. The van der Waals surface area contributed by atoms with Gasteiger partial charge in [0.25, 0.3) is 0 Å². The summed E-state index contributed by atoms with van der Waals surface area (Å²) in [5, 5.41) is 3.04. The van der Waals surface area contributed by atoms with Crippen molar-refractivity contribution < 1.29 is 9.53 Å². The average molecular weight is 360 g/mol. The third kappa shape index (κ3) is 5.71. The number of amides is 1. The van der Waals surface area contributed by atoms with E-state index in [1.165, 1.54) is 12.8 Å². The van der Waals surface area contributed by atoms with Gasteiger partial charge >= 0.3 is 0 Å². The molecule has 1 aliphatic heterocycles. The molecule has 0 radical (unpaired) electrons. The molecule has 2 atom stereocenters. The molecule has 1 unspecified atom stereocenters. The van der Waals surface area contributed by atoms with Crippen LogP contribution in [0.1, 0.15) is 57.1 Å². The highest BCUT2D eigenvalue weighted by atomic mass is 16.5. The molecule has 0 spiro atoms. The first-order valence-corrected chi connectivity index (χ1v) is 10.0. The molecule has 1 saturated heterocycles. The van der Waals surface area contributed by atoms with Crippen molar-refractivity contribution in [1.82, 2.24) is 10.2 Å². The molecule has 5 heteroatoms. The molecule has 26 heavy (non-hydrogen) atoms. The minimum atomic E-state index is -0.398. The van der Waals surface area contributed by atoms with Gasteiger partial charge in [-0.15, -0.1) is 0 Å². The molecule has 3 rings (SSSR count). The van der Waals surface area contributed by atoms with E-state index in [1.54, 1.807) is 0 Å². The second-order valence-corrected chi connectivity index (χ2v) is 8.05. The lowest BCUT2D eigenvalue weighted by Crippen LogP contribution is -2.41. The van der Waals surface area contributed by atoms with E-state index in [-0.39, 0.29) is 11.9 Å². The quantitative estimate of drug-likeness (QED) is 0.749. The highest BCUT2D eigenvalue weighted by Gasteiger charge is 2.24. The second kappa shape index (κ2) is 8.87. The molecule has 1 amide bonds. The van der Waals surface area contributed by atoms with Crippen LogP contribution in [0.3, 0.4) is 0 Å². The van der Waals surface area contributed by atoms with Gasteiger partial charge in [0.2, 0.25) is 5.91 Å². The lowest BCUT2D eigenvalue weighted by molar-refractivity contribution is -0.123.